The van der Waals surface area contributed by atoms with Crippen LogP contribution in [0.1, 0.15) is 5.56 Å². The van der Waals surface area contributed by atoms with Crippen LogP contribution < -0.4 is 5.32 Å². The maximum Gasteiger partial charge on any atom is 0.158 e. The van der Waals surface area contributed by atoms with Crippen molar-refractivity contribution in [2.75, 3.05) is 5.32 Å². The lowest BCUT2D eigenvalue weighted by Crippen LogP contribution is -2.07. The van der Waals surface area contributed by atoms with Gasteiger partial charge >= 0.3 is 0 Å². The Bertz CT molecular complexity index is 1050. The van der Waals surface area contributed by atoms with E-state index in [0.717, 1.165) is 28.3 Å². The predicted molar refractivity (Wildman–Crippen MR) is 107 cm³/mol. The standard InChI is InChI=1S/C21H17ClN4O/c22-17-10-12-18(13-11-17)26-21(23-14-16-8-4-5-9-19(16)27)20(24-25-26)15-6-2-1-3-7-15/h1-13,23,27H,14H2. The molecule has 134 valence electrons. The Morgan fingerprint density at radius 1 is 0.889 bits per heavy atom. The molecule has 0 spiro atoms. The van der Waals surface area contributed by atoms with Crippen molar-refractivity contribution in [2.45, 2.75) is 6.54 Å². The average molecular weight is 377 g/mol. The van der Waals surface area contributed by atoms with Gasteiger partial charge in [-0.05, 0) is 30.3 Å². The molecule has 1 aromatic heterocycles. The zero-order valence-corrected chi connectivity index (χ0v) is 15.1. The fraction of sp³-hybridized carbons (Fsp3) is 0.0476. The van der Waals surface area contributed by atoms with Crippen molar-refractivity contribution in [3.63, 3.8) is 0 Å². The molecule has 0 radical (unpaired) electrons. The predicted octanol–water partition coefficient (Wildman–Crippen LogP) is 4.91. The monoisotopic (exact) mass is 376 g/mol. The molecule has 0 saturated carbocycles. The van der Waals surface area contributed by atoms with Crippen LogP contribution in [0.5, 0.6) is 5.75 Å². The summed E-state index contributed by atoms with van der Waals surface area (Å²) < 4.78 is 1.73. The Hall–Kier alpha value is -3.31. The van der Waals surface area contributed by atoms with Gasteiger partial charge < -0.3 is 10.4 Å². The summed E-state index contributed by atoms with van der Waals surface area (Å²) in [6, 6.07) is 24.5. The Labute approximate surface area is 161 Å². The van der Waals surface area contributed by atoms with Gasteiger partial charge in [-0.15, -0.1) is 5.10 Å². The first-order valence-corrected chi connectivity index (χ1v) is 8.88. The Balaban J connectivity index is 1.75. The minimum absolute atomic E-state index is 0.247. The lowest BCUT2D eigenvalue weighted by Gasteiger charge is -2.12. The second-order valence-electron chi connectivity index (χ2n) is 6.02. The molecule has 0 bridgehead atoms. The van der Waals surface area contributed by atoms with Gasteiger partial charge in [-0.1, -0.05) is 65.3 Å². The van der Waals surface area contributed by atoms with Crippen molar-refractivity contribution in [3.8, 4) is 22.7 Å². The molecule has 27 heavy (non-hydrogen) atoms. The summed E-state index contributed by atoms with van der Waals surface area (Å²) in [6.45, 7) is 0.438. The van der Waals surface area contributed by atoms with Crippen LogP contribution >= 0.6 is 11.6 Å². The van der Waals surface area contributed by atoms with Crippen LogP contribution in [0.4, 0.5) is 5.82 Å². The van der Waals surface area contributed by atoms with E-state index >= 15 is 0 Å². The third-order valence-electron chi connectivity index (χ3n) is 4.23. The number of aromatic hydroxyl groups is 1. The fourth-order valence-electron chi connectivity index (χ4n) is 2.83. The molecular formula is C21H17ClN4O. The maximum absolute atomic E-state index is 10.0. The zero-order valence-electron chi connectivity index (χ0n) is 14.4. The van der Waals surface area contributed by atoms with Gasteiger partial charge in [0.2, 0.25) is 0 Å². The number of halogens is 1. The van der Waals surface area contributed by atoms with Gasteiger partial charge in [0.1, 0.15) is 11.4 Å². The topological polar surface area (TPSA) is 63.0 Å². The summed E-state index contributed by atoms with van der Waals surface area (Å²) in [6.07, 6.45) is 0. The molecule has 1 heterocycles. The van der Waals surface area contributed by atoms with E-state index in [1.807, 2.05) is 66.7 Å². The van der Waals surface area contributed by atoms with Crippen LogP contribution in [-0.4, -0.2) is 20.1 Å². The minimum atomic E-state index is 0.247. The summed E-state index contributed by atoms with van der Waals surface area (Å²) in [5.41, 5.74) is 3.33. The summed E-state index contributed by atoms with van der Waals surface area (Å²) in [5, 5.41) is 22.8. The molecule has 0 amide bonds. The van der Waals surface area contributed by atoms with E-state index in [2.05, 4.69) is 15.6 Å². The number of phenols is 1. The van der Waals surface area contributed by atoms with E-state index in [0.29, 0.717) is 11.6 Å². The highest BCUT2D eigenvalue weighted by molar-refractivity contribution is 6.30. The number of hydrogen-bond acceptors (Lipinski definition) is 4. The third kappa shape index (κ3) is 3.64. The largest absolute Gasteiger partial charge is 0.508 e. The van der Waals surface area contributed by atoms with Crippen molar-refractivity contribution in [3.05, 3.63) is 89.4 Å². The molecule has 0 atom stereocenters. The van der Waals surface area contributed by atoms with Crippen LogP contribution in [0.2, 0.25) is 5.02 Å². The summed E-state index contributed by atoms with van der Waals surface area (Å²) >= 11 is 6.01. The summed E-state index contributed by atoms with van der Waals surface area (Å²) in [4.78, 5) is 0. The van der Waals surface area contributed by atoms with Crippen LogP contribution in [0, 0.1) is 0 Å². The van der Waals surface area contributed by atoms with E-state index in [-0.39, 0.29) is 5.75 Å². The van der Waals surface area contributed by atoms with Crippen molar-refractivity contribution >= 4 is 17.4 Å². The summed E-state index contributed by atoms with van der Waals surface area (Å²) in [7, 11) is 0. The van der Waals surface area contributed by atoms with E-state index in [1.165, 1.54) is 0 Å². The van der Waals surface area contributed by atoms with Crippen molar-refractivity contribution in [2.24, 2.45) is 0 Å². The number of benzene rings is 3. The van der Waals surface area contributed by atoms with Gasteiger partial charge in [0.05, 0.1) is 5.69 Å². The van der Waals surface area contributed by atoms with Crippen molar-refractivity contribution in [1.29, 1.82) is 0 Å². The molecule has 6 heteroatoms. The SMILES string of the molecule is Oc1ccccc1CNc1c(-c2ccccc2)nnn1-c1ccc(Cl)cc1. The number of phenolic OH excluding ortho intramolecular Hbond substituents is 1. The van der Waals surface area contributed by atoms with Gasteiger partial charge in [0.25, 0.3) is 0 Å². The van der Waals surface area contributed by atoms with Crippen LogP contribution in [-0.2, 0) is 6.54 Å². The van der Waals surface area contributed by atoms with Gasteiger partial charge in [-0.25, -0.2) is 0 Å². The molecule has 4 rings (SSSR count). The van der Waals surface area contributed by atoms with Gasteiger partial charge in [-0.2, -0.15) is 4.68 Å². The number of rotatable bonds is 5. The third-order valence-corrected chi connectivity index (χ3v) is 4.48. The number of anilines is 1. The molecule has 0 aliphatic heterocycles. The lowest BCUT2D eigenvalue weighted by molar-refractivity contribution is 0.469. The summed E-state index contributed by atoms with van der Waals surface area (Å²) in [5.74, 6) is 0.989. The second-order valence-corrected chi connectivity index (χ2v) is 6.46. The van der Waals surface area contributed by atoms with Gasteiger partial charge in [0.15, 0.2) is 5.82 Å². The molecule has 0 aliphatic carbocycles. The van der Waals surface area contributed by atoms with Crippen LogP contribution in [0.25, 0.3) is 16.9 Å². The Morgan fingerprint density at radius 2 is 1.59 bits per heavy atom. The molecule has 0 fully saturated rings. The number of para-hydroxylation sites is 1. The number of nitrogens with one attached hydrogen (secondary N) is 1. The molecule has 5 nitrogen and oxygen atoms in total. The smallest absolute Gasteiger partial charge is 0.158 e. The van der Waals surface area contributed by atoms with Gasteiger partial charge in [-0.3, -0.25) is 0 Å². The highest BCUT2D eigenvalue weighted by Gasteiger charge is 2.16. The first-order chi connectivity index (χ1) is 13.2. The first-order valence-electron chi connectivity index (χ1n) is 8.50. The van der Waals surface area contributed by atoms with E-state index < -0.39 is 0 Å². The highest BCUT2D eigenvalue weighted by atomic mass is 35.5. The molecule has 4 aromatic rings. The normalized spacial score (nSPS) is 10.7. The molecular weight excluding hydrogens is 360 g/mol. The lowest BCUT2D eigenvalue weighted by atomic mass is 10.1. The molecule has 3 aromatic carbocycles. The Kier molecular flexibility index (Phi) is 4.77. The van der Waals surface area contributed by atoms with Gasteiger partial charge in [0, 0.05) is 22.7 Å². The number of hydrogen-bond donors (Lipinski definition) is 2. The molecule has 2 N–H and O–H groups in total. The molecule has 0 aliphatic rings. The average Bonchev–Trinajstić information content (AvgIpc) is 3.12. The minimum Gasteiger partial charge on any atom is -0.508 e. The van der Waals surface area contributed by atoms with Crippen molar-refractivity contribution < 1.29 is 5.11 Å². The molecule has 0 unspecified atom stereocenters. The van der Waals surface area contributed by atoms with E-state index in [4.69, 9.17) is 11.6 Å². The van der Waals surface area contributed by atoms with E-state index in [1.54, 1.807) is 16.8 Å². The highest BCUT2D eigenvalue weighted by Crippen LogP contribution is 2.29. The second kappa shape index (κ2) is 7.51. The maximum atomic E-state index is 10.0. The first kappa shape index (κ1) is 17.1. The van der Waals surface area contributed by atoms with Crippen LogP contribution in [0.3, 0.4) is 0 Å². The van der Waals surface area contributed by atoms with Crippen LogP contribution in [0.15, 0.2) is 78.9 Å². The zero-order chi connectivity index (χ0) is 18.6. The van der Waals surface area contributed by atoms with Crippen molar-refractivity contribution in [1.82, 2.24) is 15.0 Å². The van der Waals surface area contributed by atoms with E-state index in [9.17, 15) is 5.11 Å². The fourth-order valence-corrected chi connectivity index (χ4v) is 2.96. The number of aromatic nitrogens is 3. The Morgan fingerprint density at radius 3 is 2.33 bits per heavy atom. The number of nitrogens with zero attached hydrogens (tertiary/aromatic N) is 3. The quantitative estimate of drug-likeness (QED) is 0.519. The molecule has 0 saturated heterocycles.